The third kappa shape index (κ3) is 3.83. The molecule has 2 aromatic carbocycles. The van der Waals surface area contributed by atoms with Gasteiger partial charge in [-0.05, 0) is 35.7 Å². The highest BCUT2D eigenvalue weighted by atomic mass is 32.2. The molecule has 21 heavy (non-hydrogen) atoms. The Hall–Kier alpha value is -1.85. The van der Waals surface area contributed by atoms with E-state index in [1.54, 1.807) is 12.1 Å². The first-order chi connectivity index (χ1) is 10.0. The van der Waals surface area contributed by atoms with Gasteiger partial charge in [0.15, 0.2) is 0 Å². The Morgan fingerprint density at radius 2 is 1.76 bits per heavy atom. The standard InChI is InChI=1S/C16H17NO3S/c1-11(2)12-3-5-14(6-4-12)21-15-7-8-16(17(19)20)13(9-15)10-18/h3-9,11,18H,10H2,1-2H3. The molecule has 0 fully saturated rings. The van der Waals surface area contributed by atoms with Gasteiger partial charge in [0.2, 0.25) is 0 Å². The summed E-state index contributed by atoms with van der Waals surface area (Å²) in [4.78, 5) is 12.3. The maximum absolute atomic E-state index is 10.8. The van der Waals surface area contributed by atoms with Crippen LogP contribution in [0, 0.1) is 10.1 Å². The van der Waals surface area contributed by atoms with Crippen LogP contribution in [0.2, 0.25) is 0 Å². The maximum Gasteiger partial charge on any atom is 0.274 e. The van der Waals surface area contributed by atoms with Gasteiger partial charge in [0.1, 0.15) is 0 Å². The highest BCUT2D eigenvalue weighted by Crippen LogP contribution is 2.32. The van der Waals surface area contributed by atoms with Crippen molar-refractivity contribution in [2.45, 2.75) is 36.2 Å². The van der Waals surface area contributed by atoms with Crippen LogP contribution in [0.5, 0.6) is 0 Å². The van der Waals surface area contributed by atoms with Crippen molar-refractivity contribution in [1.29, 1.82) is 0 Å². The van der Waals surface area contributed by atoms with E-state index in [1.165, 1.54) is 23.4 Å². The van der Waals surface area contributed by atoms with Crippen LogP contribution in [-0.2, 0) is 6.61 Å². The lowest BCUT2D eigenvalue weighted by molar-refractivity contribution is -0.385. The predicted octanol–water partition coefficient (Wildman–Crippen LogP) is 4.36. The molecule has 4 nitrogen and oxygen atoms in total. The second-order valence-electron chi connectivity index (χ2n) is 5.03. The minimum Gasteiger partial charge on any atom is -0.391 e. The molecule has 0 saturated carbocycles. The molecule has 2 aromatic rings. The molecule has 0 unspecified atom stereocenters. The van der Waals surface area contributed by atoms with Crippen molar-refractivity contribution in [2.24, 2.45) is 0 Å². The van der Waals surface area contributed by atoms with Crippen molar-refractivity contribution < 1.29 is 10.0 Å². The summed E-state index contributed by atoms with van der Waals surface area (Å²) >= 11 is 1.52. The molecule has 0 bridgehead atoms. The Labute approximate surface area is 128 Å². The number of rotatable bonds is 5. The van der Waals surface area contributed by atoms with Gasteiger partial charge in [0.25, 0.3) is 5.69 Å². The van der Waals surface area contributed by atoms with Gasteiger partial charge in [-0.1, -0.05) is 37.7 Å². The molecule has 1 N–H and O–H groups in total. The maximum atomic E-state index is 10.8. The minimum atomic E-state index is -0.475. The summed E-state index contributed by atoms with van der Waals surface area (Å²) in [6.07, 6.45) is 0. The van der Waals surface area contributed by atoms with E-state index in [1.807, 2.05) is 12.1 Å². The van der Waals surface area contributed by atoms with Crippen LogP contribution in [0.4, 0.5) is 5.69 Å². The number of aliphatic hydroxyl groups is 1. The molecule has 0 aliphatic heterocycles. The van der Waals surface area contributed by atoms with Gasteiger partial charge < -0.3 is 5.11 Å². The molecular weight excluding hydrogens is 286 g/mol. The second-order valence-corrected chi connectivity index (χ2v) is 6.18. The van der Waals surface area contributed by atoms with Crippen LogP contribution in [0.25, 0.3) is 0 Å². The summed E-state index contributed by atoms with van der Waals surface area (Å²) in [5.74, 6) is 0.490. The largest absolute Gasteiger partial charge is 0.391 e. The van der Waals surface area contributed by atoms with Gasteiger partial charge in [-0.3, -0.25) is 10.1 Å². The number of nitro benzene ring substituents is 1. The van der Waals surface area contributed by atoms with E-state index in [0.717, 1.165) is 9.79 Å². The molecule has 0 spiro atoms. The fourth-order valence-corrected chi connectivity index (χ4v) is 2.87. The lowest BCUT2D eigenvalue weighted by Crippen LogP contribution is -1.95. The zero-order valence-electron chi connectivity index (χ0n) is 11.9. The molecule has 0 aliphatic carbocycles. The number of aliphatic hydroxyl groups excluding tert-OH is 1. The molecule has 0 saturated heterocycles. The first kappa shape index (κ1) is 15.5. The Balaban J connectivity index is 2.21. The molecule has 0 radical (unpaired) electrons. The molecule has 5 heteroatoms. The number of hydrogen-bond donors (Lipinski definition) is 1. The topological polar surface area (TPSA) is 63.4 Å². The Morgan fingerprint density at radius 3 is 2.29 bits per heavy atom. The van der Waals surface area contributed by atoms with Crippen molar-refractivity contribution in [1.82, 2.24) is 0 Å². The fraction of sp³-hybridized carbons (Fsp3) is 0.250. The van der Waals surface area contributed by atoms with Gasteiger partial charge in [-0.15, -0.1) is 0 Å². The Kier molecular flexibility index (Phi) is 4.98. The van der Waals surface area contributed by atoms with Gasteiger partial charge in [-0.2, -0.15) is 0 Å². The number of hydrogen-bond acceptors (Lipinski definition) is 4. The van der Waals surface area contributed by atoms with Crippen molar-refractivity contribution in [3.8, 4) is 0 Å². The first-order valence-corrected chi connectivity index (χ1v) is 7.49. The van der Waals surface area contributed by atoms with Crippen LogP contribution >= 0.6 is 11.8 Å². The molecule has 0 heterocycles. The number of nitrogens with zero attached hydrogens (tertiary/aromatic N) is 1. The highest BCUT2D eigenvalue weighted by Gasteiger charge is 2.13. The van der Waals surface area contributed by atoms with E-state index in [2.05, 4.69) is 26.0 Å². The average Bonchev–Trinajstić information content (AvgIpc) is 2.47. The van der Waals surface area contributed by atoms with Crippen LogP contribution in [0.3, 0.4) is 0 Å². The van der Waals surface area contributed by atoms with Gasteiger partial charge >= 0.3 is 0 Å². The quantitative estimate of drug-likeness (QED) is 0.658. The predicted molar refractivity (Wildman–Crippen MR) is 83.7 cm³/mol. The van der Waals surface area contributed by atoms with Crippen molar-refractivity contribution >= 4 is 17.4 Å². The minimum absolute atomic E-state index is 0.0444. The van der Waals surface area contributed by atoms with Crippen molar-refractivity contribution in [3.63, 3.8) is 0 Å². The van der Waals surface area contributed by atoms with E-state index in [4.69, 9.17) is 0 Å². The van der Waals surface area contributed by atoms with Gasteiger partial charge in [0, 0.05) is 15.9 Å². The van der Waals surface area contributed by atoms with Crippen LogP contribution < -0.4 is 0 Å². The lowest BCUT2D eigenvalue weighted by atomic mass is 10.0. The summed E-state index contributed by atoms with van der Waals surface area (Å²) in [7, 11) is 0. The zero-order chi connectivity index (χ0) is 15.4. The molecule has 110 valence electrons. The Bertz CT molecular complexity index is 638. The Morgan fingerprint density at radius 1 is 1.14 bits per heavy atom. The third-order valence-corrected chi connectivity index (χ3v) is 4.20. The molecule has 2 rings (SSSR count). The van der Waals surface area contributed by atoms with E-state index in [9.17, 15) is 15.2 Å². The number of nitro groups is 1. The summed E-state index contributed by atoms with van der Waals surface area (Å²) in [5, 5.41) is 20.1. The van der Waals surface area contributed by atoms with E-state index < -0.39 is 4.92 Å². The monoisotopic (exact) mass is 303 g/mol. The molecule has 0 atom stereocenters. The summed E-state index contributed by atoms with van der Waals surface area (Å²) in [5.41, 5.74) is 1.57. The molecular formula is C16H17NO3S. The number of benzene rings is 2. The van der Waals surface area contributed by atoms with E-state index in [-0.39, 0.29) is 12.3 Å². The molecule has 0 amide bonds. The summed E-state index contributed by atoms with van der Waals surface area (Å²) in [6.45, 7) is 3.95. The molecule has 0 aromatic heterocycles. The van der Waals surface area contributed by atoms with Gasteiger partial charge in [0.05, 0.1) is 17.1 Å². The zero-order valence-corrected chi connectivity index (χ0v) is 12.8. The molecule has 0 aliphatic rings. The highest BCUT2D eigenvalue weighted by molar-refractivity contribution is 7.99. The van der Waals surface area contributed by atoms with Gasteiger partial charge in [-0.25, -0.2) is 0 Å². The van der Waals surface area contributed by atoms with E-state index >= 15 is 0 Å². The summed E-state index contributed by atoms with van der Waals surface area (Å²) < 4.78 is 0. The third-order valence-electron chi connectivity index (χ3n) is 3.20. The smallest absolute Gasteiger partial charge is 0.274 e. The normalized spacial score (nSPS) is 10.9. The second kappa shape index (κ2) is 6.74. The van der Waals surface area contributed by atoms with Crippen LogP contribution in [0.15, 0.2) is 52.3 Å². The SMILES string of the molecule is CC(C)c1ccc(Sc2ccc([N+](=O)[O-])c(CO)c2)cc1. The van der Waals surface area contributed by atoms with Crippen LogP contribution in [0.1, 0.15) is 30.9 Å². The van der Waals surface area contributed by atoms with Crippen molar-refractivity contribution in [2.75, 3.05) is 0 Å². The first-order valence-electron chi connectivity index (χ1n) is 6.67. The fourth-order valence-electron chi connectivity index (χ4n) is 1.99. The average molecular weight is 303 g/mol. The van der Waals surface area contributed by atoms with E-state index in [0.29, 0.717) is 11.5 Å². The lowest BCUT2D eigenvalue weighted by Gasteiger charge is -2.07. The van der Waals surface area contributed by atoms with Crippen molar-refractivity contribution in [3.05, 3.63) is 63.7 Å². The van der Waals surface area contributed by atoms with Crippen LogP contribution in [-0.4, -0.2) is 10.0 Å². The summed E-state index contributed by atoms with van der Waals surface area (Å²) in [6, 6.07) is 13.1.